The van der Waals surface area contributed by atoms with Crippen LogP contribution >= 0.6 is 0 Å². The van der Waals surface area contributed by atoms with Crippen molar-refractivity contribution in [2.75, 3.05) is 0 Å². The molecular weight excluding hydrogens is 206 g/mol. The minimum absolute atomic E-state index is 0.0239. The summed E-state index contributed by atoms with van der Waals surface area (Å²) >= 11 is 0. The highest BCUT2D eigenvalue weighted by atomic mass is 16.6. The molecule has 16 heavy (non-hydrogen) atoms. The van der Waals surface area contributed by atoms with Crippen LogP contribution in [0.15, 0.2) is 11.6 Å². The summed E-state index contributed by atoms with van der Waals surface area (Å²) < 4.78 is 0. The lowest BCUT2D eigenvalue weighted by atomic mass is 9.85. The molecule has 0 spiro atoms. The van der Waals surface area contributed by atoms with Crippen molar-refractivity contribution in [2.45, 2.75) is 52.0 Å². The lowest BCUT2D eigenvalue weighted by molar-refractivity contribution is -0.521. The number of nitrogens with zero attached hydrogens (tertiary/aromatic N) is 1. The van der Waals surface area contributed by atoms with Gasteiger partial charge in [0.15, 0.2) is 0 Å². The first-order chi connectivity index (χ1) is 7.52. The van der Waals surface area contributed by atoms with Crippen molar-refractivity contribution < 1.29 is 9.72 Å². The molecule has 0 aliphatic heterocycles. The molecule has 0 saturated heterocycles. The number of ketones is 1. The summed E-state index contributed by atoms with van der Waals surface area (Å²) in [7, 11) is 0. The van der Waals surface area contributed by atoms with Gasteiger partial charge in [-0.05, 0) is 38.2 Å². The predicted molar refractivity (Wildman–Crippen MR) is 61.8 cm³/mol. The molecule has 0 N–H and O–H groups in total. The van der Waals surface area contributed by atoms with E-state index >= 15 is 0 Å². The SMILES string of the molecule is CC(=O)C[C@@H](C)[C@@H](C1=CCCCC1)[N+](=O)[O-]. The quantitative estimate of drug-likeness (QED) is 0.410. The Labute approximate surface area is 95.9 Å². The number of allylic oxidation sites excluding steroid dienone is 1. The molecule has 1 aliphatic carbocycles. The highest BCUT2D eigenvalue weighted by Gasteiger charge is 2.32. The van der Waals surface area contributed by atoms with Crippen molar-refractivity contribution in [1.82, 2.24) is 0 Å². The van der Waals surface area contributed by atoms with Gasteiger partial charge in [0, 0.05) is 17.3 Å². The first-order valence-corrected chi connectivity index (χ1v) is 5.84. The maximum Gasteiger partial charge on any atom is 0.237 e. The summed E-state index contributed by atoms with van der Waals surface area (Å²) in [6, 6.07) is -0.663. The van der Waals surface area contributed by atoms with Gasteiger partial charge >= 0.3 is 0 Å². The number of rotatable bonds is 5. The highest BCUT2D eigenvalue weighted by Crippen LogP contribution is 2.27. The fourth-order valence-corrected chi connectivity index (χ4v) is 2.41. The minimum Gasteiger partial charge on any atom is -0.300 e. The smallest absolute Gasteiger partial charge is 0.237 e. The Morgan fingerprint density at radius 2 is 2.25 bits per heavy atom. The van der Waals surface area contributed by atoms with Gasteiger partial charge < -0.3 is 4.79 Å². The van der Waals surface area contributed by atoms with Crippen molar-refractivity contribution in [3.05, 3.63) is 21.8 Å². The Bertz CT molecular complexity index is 309. The third-order valence-electron chi connectivity index (χ3n) is 3.08. The van der Waals surface area contributed by atoms with Crippen LogP contribution in [0, 0.1) is 16.0 Å². The van der Waals surface area contributed by atoms with Gasteiger partial charge in [-0.25, -0.2) is 0 Å². The second-order valence-corrected chi connectivity index (χ2v) is 4.64. The van der Waals surface area contributed by atoms with Gasteiger partial charge in [-0.2, -0.15) is 0 Å². The lowest BCUT2D eigenvalue weighted by Gasteiger charge is -2.21. The molecule has 4 heteroatoms. The first kappa shape index (κ1) is 12.9. The Hall–Kier alpha value is -1.19. The summed E-state index contributed by atoms with van der Waals surface area (Å²) in [5.74, 6) is -0.174. The van der Waals surface area contributed by atoms with Gasteiger partial charge in [-0.15, -0.1) is 0 Å². The molecule has 0 aromatic carbocycles. The zero-order valence-electron chi connectivity index (χ0n) is 9.94. The fraction of sp³-hybridized carbons (Fsp3) is 0.750. The number of Topliss-reactive ketones (excluding diaryl/α,β-unsaturated/α-hetero) is 1. The minimum atomic E-state index is -0.663. The lowest BCUT2D eigenvalue weighted by Crippen LogP contribution is -2.31. The number of carbonyl (C=O) groups excluding carboxylic acids is 1. The van der Waals surface area contributed by atoms with E-state index in [9.17, 15) is 14.9 Å². The van der Waals surface area contributed by atoms with E-state index in [1.54, 1.807) is 6.92 Å². The van der Waals surface area contributed by atoms with E-state index in [2.05, 4.69) is 0 Å². The van der Waals surface area contributed by atoms with E-state index in [4.69, 9.17) is 0 Å². The summed E-state index contributed by atoms with van der Waals surface area (Å²) in [6.07, 6.45) is 6.19. The van der Waals surface area contributed by atoms with Gasteiger partial charge in [-0.1, -0.05) is 13.0 Å². The Kier molecular flexibility index (Phi) is 4.65. The molecule has 2 atom stereocenters. The molecule has 90 valence electrons. The molecule has 4 nitrogen and oxygen atoms in total. The number of hydrogen-bond donors (Lipinski definition) is 0. The van der Waals surface area contributed by atoms with Crippen LogP contribution in [0.4, 0.5) is 0 Å². The van der Waals surface area contributed by atoms with Crippen LogP contribution in [0.2, 0.25) is 0 Å². The molecule has 0 bridgehead atoms. The summed E-state index contributed by atoms with van der Waals surface area (Å²) in [5, 5.41) is 11.1. The molecule has 0 aromatic rings. The van der Waals surface area contributed by atoms with E-state index in [0.717, 1.165) is 31.3 Å². The summed E-state index contributed by atoms with van der Waals surface area (Å²) in [4.78, 5) is 21.9. The zero-order valence-corrected chi connectivity index (χ0v) is 9.94. The van der Waals surface area contributed by atoms with Crippen molar-refractivity contribution in [3.63, 3.8) is 0 Å². The first-order valence-electron chi connectivity index (χ1n) is 5.84. The maximum absolute atomic E-state index is 11.1. The average Bonchev–Trinajstić information content (AvgIpc) is 2.17. The average molecular weight is 225 g/mol. The standard InChI is InChI=1S/C12H19NO3/c1-9(8-10(2)14)12(13(15)16)11-6-4-3-5-7-11/h6,9,12H,3-5,7-8H2,1-2H3/t9-,12+/m1/s1. The van der Waals surface area contributed by atoms with E-state index in [0.29, 0.717) is 6.42 Å². The normalized spacial score (nSPS) is 19.8. The molecular formula is C12H19NO3. The molecule has 0 heterocycles. The van der Waals surface area contributed by atoms with Gasteiger partial charge in [0.1, 0.15) is 5.78 Å². The van der Waals surface area contributed by atoms with Crippen molar-refractivity contribution in [3.8, 4) is 0 Å². The molecule has 0 amide bonds. The van der Waals surface area contributed by atoms with Crippen LogP contribution in [0.1, 0.15) is 46.0 Å². The van der Waals surface area contributed by atoms with Crippen LogP contribution in [0.25, 0.3) is 0 Å². The van der Waals surface area contributed by atoms with Gasteiger partial charge in [0.2, 0.25) is 6.04 Å². The van der Waals surface area contributed by atoms with E-state index in [1.807, 2.05) is 6.08 Å². The van der Waals surface area contributed by atoms with Crippen LogP contribution in [0.3, 0.4) is 0 Å². The van der Waals surface area contributed by atoms with E-state index < -0.39 is 6.04 Å². The Morgan fingerprint density at radius 1 is 1.56 bits per heavy atom. The molecule has 0 aromatic heterocycles. The molecule has 0 saturated carbocycles. The molecule has 1 rings (SSSR count). The van der Waals surface area contributed by atoms with Crippen molar-refractivity contribution in [1.29, 1.82) is 0 Å². The maximum atomic E-state index is 11.1. The Morgan fingerprint density at radius 3 is 2.69 bits per heavy atom. The van der Waals surface area contributed by atoms with Gasteiger partial charge in [0.05, 0.1) is 0 Å². The summed E-state index contributed by atoms with van der Waals surface area (Å²) in [5.41, 5.74) is 0.921. The fourth-order valence-electron chi connectivity index (χ4n) is 2.41. The van der Waals surface area contributed by atoms with Crippen LogP contribution in [-0.2, 0) is 4.79 Å². The van der Waals surface area contributed by atoms with Crippen LogP contribution < -0.4 is 0 Å². The van der Waals surface area contributed by atoms with Crippen LogP contribution in [0.5, 0.6) is 0 Å². The summed E-state index contributed by atoms with van der Waals surface area (Å²) in [6.45, 7) is 3.28. The number of carbonyl (C=O) groups is 1. The van der Waals surface area contributed by atoms with E-state index in [1.165, 1.54) is 6.92 Å². The topological polar surface area (TPSA) is 60.2 Å². The van der Waals surface area contributed by atoms with Crippen molar-refractivity contribution in [2.24, 2.45) is 5.92 Å². The third-order valence-corrected chi connectivity index (χ3v) is 3.08. The monoisotopic (exact) mass is 225 g/mol. The van der Waals surface area contributed by atoms with Crippen molar-refractivity contribution >= 4 is 5.78 Å². The van der Waals surface area contributed by atoms with Gasteiger partial charge in [-0.3, -0.25) is 10.1 Å². The van der Waals surface area contributed by atoms with E-state index in [-0.39, 0.29) is 16.6 Å². The zero-order chi connectivity index (χ0) is 12.1. The highest BCUT2D eigenvalue weighted by molar-refractivity contribution is 5.75. The second-order valence-electron chi connectivity index (χ2n) is 4.64. The molecule has 0 fully saturated rings. The van der Waals surface area contributed by atoms with Gasteiger partial charge in [0.25, 0.3) is 0 Å². The third kappa shape index (κ3) is 3.43. The number of nitro groups is 1. The van der Waals surface area contributed by atoms with Crippen LogP contribution in [-0.4, -0.2) is 16.7 Å². The molecule has 0 radical (unpaired) electrons. The Balaban J connectivity index is 2.77. The number of hydrogen-bond acceptors (Lipinski definition) is 3. The molecule has 1 aliphatic rings. The second kappa shape index (κ2) is 5.77. The molecule has 0 unspecified atom stereocenters. The largest absolute Gasteiger partial charge is 0.300 e. The predicted octanol–water partition coefficient (Wildman–Crippen LogP) is 2.75.